The van der Waals surface area contributed by atoms with Gasteiger partial charge in [-0.25, -0.2) is 0 Å². The van der Waals surface area contributed by atoms with Crippen molar-refractivity contribution in [2.24, 2.45) is 0 Å². The van der Waals surface area contributed by atoms with E-state index in [1.807, 2.05) is 0 Å². The van der Waals surface area contributed by atoms with Crippen LogP contribution >= 0.6 is 0 Å². The van der Waals surface area contributed by atoms with Crippen molar-refractivity contribution >= 4 is 5.69 Å². The molecule has 5 heteroatoms. The maximum absolute atomic E-state index is 9.57. The summed E-state index contributed by atoms with van der Waals surface area (Å²) < 4.78 is 0. The van der Waals surface area contributed by atoms with E-state index in [0.717, 1.165) is 0 Å². The SMILES string of the molecule is Nc1ccnc(C(O)C(O)CCO)c1. The minimum absolute atomic E-state index is 0.109. The molecule has 0 amide bonds. The Balaban J connectivity index is 2.73. The summed E-state index contributed by atoms with van der Waals surface area (Å²) in [5.74, 6) is 0. The molecule has 0 aliphatic rings. The molecule has 0 fully saturated rings. The molecule has 0 saturated carbocycles. The van der Waals surface area contributed by atoms with E-state index in [4.69, 9.17) is 10.8 Å². The Morgan fingerprint density at radius 3 is 2.71 bits per heavy atom. The molecule has 0 saturated heterocycles. The van der Waals surface area contributed by atoms with E-state index in [9.17, 15) is 10.2 Å². The minimum atomic E-state index is -1.11. The number of rotatable bonds is 4. The Hall–Kier alpha value is -1.17. The number of hydrogen-bond donors (Lipinski definition) is 4. The number of aliphatic hydroxyl groups is 3. The summed E-state index contributed by atoms with van der Waals surface area (Å²) in [6, 6.07) is 3.08. The van der Waals surface area contributed by atoms with Gasteiger partial charge in [-0.15, -0.1) is 0 Å². The van der Waals surface area contributed by atoms with Gasteiger partial charge in [0.05, 0.1) is 11.8 Å². The van der Waals surface area contributed by atoms with Gasteiger partial charge in [-0.05, 0) is 18.6 Å². The second-order valence-corrected chi connectivity index (χ2v) is 3.04. The van der Waals surface area contributed by atoms with Gasteiger partial charge in [0.1, 0.15) is 6.10 Å². The second-order valence-electron chi connectivity index (χ2n) is 3.04. The van der Waals surface area contributed by atoms with Crippen LogP contribution in [0.25, 0.3) is 0 Å². The highest BCUT2D eigenvalue weighted by atomic mass is 16.3. The van der Waals surface area contributed by atoms with Crippen LogP contribution < -0.4 is 5.73 Å². The molecule has 1 rings (SSSR count). The van der Waals surface area contributed by atoms with Gasteiger partial charge in [0.25, 0.3) is 0 Å². The first-order valence-electron chi connectivity index (χ1n) is 4.33. The summed E-state index contributed by atoms with van der Waals surface area (Å²) in [5.41, 5.74) is 6.28. The highest BCUT2D eigenvalue weighted by Crippen LogP contribution is 2.18. The van der Waals surface area contributed by atoms with E-state index in [0.29, 0.717) is 11.4 Å². The molecule has 78 valence electrons. The van der Waals surface area contributed by atoms with Crippen molar-refractivity contribution in [2.75, 3.05) is 12.3 Å². The van der Waals surface area contributed by atoms with Crippen molar-refractivity contribution in [3.05, 3.63) is 24.0 Å². The van der Waals surface area contributed by atoms with Gasteiger partial charge in [-0.1, -0.05) is 0 Å². The fraction of sp³-hybridized carbons (Fsp3) is 0.444. The van der Waals surface area contributed by atoms with Crippen molar-refractivity contribution in [2.45, 2.75) is 18.6 Å². The van der Waals surface area contributed by atoms with Gasteiger partial charge in [0.2, 0.25) is 0 Å². The number of anilines is 1. The number of aromatic nitrogens is 1. The smallest absolute Gasteiger partial charge is 0.122 e. The lowest BCUT2D eigenvalue weighted by Gasteiger charge is -2.16. The molecule has 0 aliphatic heterocycles. The zero-order chi connectivity index (χ0) is 10.6. The fourth-order valence-electron chi connectivity index (χ4n) is 1.11. The average molecular weight is 198 g/mol. The van der Waals surface area contributed by atoms with Gasteiger partial charge in [-0.3, -0.25) is 4.98 Å². The van der Waals surface area contributed by atoms with Gasteiger partial charge < -0.3 is 21.1 Å². The van der Waals surface area contributed by atoms with Gasteiger partial charge in [-0.2, -0.15) is 0 Å². The Bertz CT molecular complexity index is 293. The molecule has 5 nitrogen and oxygen atoms in total. The zero-order valence-corrected chi connectivity index (χ0v) is 7.67. The summed E-state index contributed by atoms with van der Waals surface area (Å²) in [6.07, 6.45) is -0.558. The molecular weight excluding hydrogens is 184 g/mol. The zero-order valence-electron chi connectivity index (χ0n) is 7.67. The van der Waals surface area contributed by atoms with Crippen LogP contribution in [0.2, 0.25) is 0 Å². The van der Waals surface area contributed by atoms with Crippen molar-refractivity contribution in [1.82, 2.24) is 4.98 Å². The third-order valence-electron chi connectivity index (χ3n) is 1.90. The number of nitrogen functional groups attached to an aromatic ring is 1. The number of nitrogens with zero attached hydrogens (tertiary/aromatic N) is 1. The van der Waals surface area contributed by atoms with Gasteiger partial charge >= 0.3 is 0 Å². The van der Waals surface area contributed by atoms with E-state index in [1.54, 1.807) is 6.07 Å². The van der Waals surface area contributed by atoms with Crippen molar-refractivity contribution in [3.8, 4) is 0 Å². The first-order chi connectivity index (χ1) is 6.65. The molecule has 2 atom stereocenters. The van der Waals surface area contributed by atoms with E-state index in [-0.39, 0.29) is 13.0 Å². The van der Waals surface area contributed by atoms with Crippen molar-refractivity contribution in [3.63, 3.8) is 0 Å². The highest BCUT2D eigenvalue weighted by Gasteiger charge is 2.18. The predicted octanol–water partition coefficient (Wildman–Crippen LogP) is -0.560. The summed E-state index contributed by atoms with van der Waals surface area (Å²) in [4.78, 5) is 3.87. The molecule has 0 aliphatic carbocycles. The standard InChI is InChI=1S/C9H14N2O3/c10-6-1-3-11-7(5-6)9(14)8(13)2-4-12/h1,3,5,8-9,12-14H,2,4H2,(H2,10,11). The maximum Gasteiger partial charge on any atom is 0.122 e. The molecular formula is C9H14N2O3. The lowest BCUT2D eigenvalue weighted by molar-refractivity contribution is 0.00196. The van der Waals surface area contributed by atoms with Crippen LogP contribution in [0, 0.1) is 0 Å². The van der Waals surface area contributed by atoms with E-state index >= 15 is 0 Å². The Morgan fingerprint density at radius 1 is 1.43 bits per heavy atom. The highest BCUT2D eigenvalue weighted by molar-refractivity contribution is 5.37. The Labute approximate surface area is 81.8 Å². The molecule has 0 aromatic carbocycles. The van der Waals surface area contributed by atoms with Gasteiger partial charge in [0, 0.05) is 18.5 Å². The summed E-state index contributed by atoms with van der Waals surface area (Å²) in [5, 5.41) is 27.5. The van der Waals surface area contributed by atoms with Crippen LogP contribution in [0.5, 0.6) is 0 Å². The predicted molar refractivity (Wildman–Crippen MR) is 51.3 cm³/mol. The topological polar surface area (TPSA) is 99.6 Å². The van der Waals surface area contributed by atoms with Crippen LogP contribution in [0.1, 0.15) is 18.2 Å². The van der Waals surface area contributed by atoms with Crippen LogP contribution in [0.3, 0.4) is 0 Å². The normalized spacial score (nSPS) is 15.1. The van der Waals surface area contributed by atoms with Crippen molar-refractivity contribution in [1.29, 1.82) is 0 Å². The van der Waals surface area contributed by atoms with Crippen LogP contribution in [0.15, 0.2) is 18.3 Å². The van der Waals surface area contributed by atoms with Crippen molar-refractivity contribution < 1.29 is 15.3 Å². The molecule has 0 bridgehead atoms. The van der Waals surface area contributed by atoms with E-state index < -0.39 is 12.2 Å². The molecule has 14 heavy (non-hydrogen) atoms. The molecule has 1 aromatic rings. The average Bonchev–Trinajstić information content (AvgIpc) is 2.17. The van der Waals surface area contributed by atoms with Crippen LogP contribution in [-0.4, -0.2) is 33.0 Å². The lowest BCUT2D eigenvalue weighted by Crippen LogP contribution is -2.20. The first kappa shape index (κ1) is 10.9. The number of pyridine rings is 1. The third-order valence-corrected chi connectivity index (χ3v) is 1.90. The maximum atomic E-state index is 9.57. The third kappa shape index (κ3) is 2.66. The van der Waals surface area contributed by atoms with Crippen LogP contribution in [0.4, 0.5) is 5.69 Å². The van der Waals surface area contributed by atoms with E-state index in [1.165, 1.54) is 12.3 Å². The van der Waals surface area contributed by atoms with Gasteiger partial charge in [0.15, 0.2) is 0 Å². The molecule has 0 spiro atoms. The number of aliphatic hydroxyl groups excluding tert-OH is 3. The second kappa shape index (κ2) is 4.90. The summed E-state index contributed by atoms with van der Waals surface area (Å²) in [7, 11) is 0. The van der Waals surface area contributed by atoms with Crippen LogP contribution in [-0.2, 0) is 0 Å². The Kier molecular flexibility index (Phi) is 3.82. The lowest BCUT2D eigenvalue weighted by atomic mass is 10.1. The minimum Gasteiger partial charge on any atom is -0.399 e. The summed E-state index contributed by atoms with van der Waals surface area (Å²) in [6.45, 7) is -0.180. The largest absolute Gasteiger partial charge is 0.399 e. The molecule has 0 radical (unpaired) electrons. The molecule has 5 N–H and O–H groups in total. The monoisotopic (exact) mass is 198 g/mol. The number of hydrogen-bond acceptors (Lipinski definition) is 5. The molecule has 1 aromatic heterocycles. The Morgan fingerprint density at radius 2 is 2.14 bits per heavy atom. The first-order valence-corrected chi connectivity index (χ1v) is 4.33. The quantitative estimate of drug-likeness (QED) is 0.519. The summed E-state index contributed by atoms with van der Waals surface area (Å²) >= 11 is 0. The van der Waals surface area contributed by atoms with E-state index in [2.05, 4.69) is 4.98 Å². The fourth-order valence-corrected chi connectivity index (χ4v) is 1.11. The molecule has 1 heterocycles. The molecule has 2 unspecified atom stereocenters. The number of nitrogens with two attached hydrogens (primary N) is 1.